The van der Waals surface area contributed by atoms with Crippen LogP contribution in [0.3, 0.4) is 0 Å². The lowest BCUT2D eigenvalue weighted by molar-refractivity contribution is 0.207. The summed E-state index contributed by atoms with van der Waals surface area (Å²) in [4.78, 5) is 0. The molecule has 114 valence electrons. The quantitative estimate of drug-likeness (QED) is 0.895. The van der Waals surface area contributed by atoms with Crippen LogP contribution in [0.15, 0.2) is 0 Å². The maximum atomic E-state index is 4.88. The maximum Gasteiger partial charge on any atom is 0.0644 e. The molecule has 1 fully saturated rings. The van der Waals surface area contributed by atoms with Crippen molar-refractivity contribution in [2.75, 3.05) is 6.54 Å². The number of aromatic nitrogens is 2. The van der Waals surface area contributed by atoms with Gasteiger partial charge in [0.15, 0.2) is 0 Å². The second kappa shape index (κ2) is 6.30. The van der Waals surface area contributed by atoms with Gasteiger partial charge in [-0.1, -0.05) is 20.8 Å². The van der Waals surface area contributed by atoms with Gasteiger partial charge in [-0.3, -0.25) is 4.68 Å². The van der Waals surface area contributed by atoms with E-state index in [-0.39, 0.29) is 0 Å². The molecule has 0 bridgehead atoms. The third kappa shape index (κ3) is 3.08. The Morgan fingerprint density at radius 1 is 1.20 bits per heavy atom. The third-order valence-electron chi connectivity index (χ3n) is 4.82. The Bertz CT molecular complexity index is 439. The van der Waals surface area contributed by atoms with Crippen LogP contribution in [-0.2, 0) is 0 Å². The largest absolute Gasteiger partial charge is 0.310 e. The van der Waals surface area contributed by atoms with Crippen LogP contribution in [0.4, 0.5) is 0 Å². The Balaban J connectivity index is 2.27. The first kappa shape index (κ1) is 15.6. The lowest BCUT2D eigenvalue weighted by atomic mass is 9.80. The van der Waals surface area contributed by atoms with E-state index in [4.69, 9.17) is 5.10 Å². The van der Waals surface area contributed by atoms with Gasteiger partial charge in [0.05, 0.1) is 11.7 Å². The van der Waals surface area contributed by atoms with Crippen LogP contribution in [0, 0.1) is 25.7 Å². The van der Waals surface area contributed by atoms with Gasteiger partial charge in [0.1, 0.15) is 0 Å². The SMILES string of the molecule is CCNC(C)c1c(C)nn(C2CC(C)CC(C)C2)c1C. The predicted octanol–water partition coefficient (Wildman–Crippen LogP) is 4.17. The van der Waals surface area contributed by atoms with Crippen LogP contribution in [0.25, 0.3) is 0 Å². The van der Waals surface area contributed by atoms with Crippen molar-refractivity contribution in [1.29, 1.82) is 0 Å². The van der Waals surface area contributed by atoms with Crippen molar-refractivity contribution < 1.29 is 0 Å². The van der Waals surface area contributed by atoms with Gasteiger partial charge in [0.2, 0.25) is 0 Å². The van der Waals surface area contributed by atoms with E-state index >= 15 is 0 Å². The molecule has 3 unspecified atom stereocenters. The summed E-state index contributed by atoms with van der Waals surface area (Å²) >= 11 is 0. The molecule has 1 saturated carbocycles. The van der Waals surface area contributed by atoms with Crippen molar-refractivity contribution in [1.82, 2.24) is 15.1 Å². The first-order chi connectivity index (χ1) is 9.43. The fourth-order valence-corrected chi connectivity index (χ4v) is 4.17. The van der Waals surface area contributed by atoms with E-state index in [1.807, 2.05) is 0 Å². The van der Waals surface area contributed by atoms with Crippen LogP contribution in [0.2, 0.25) is 0 Å². The van der Waals surface area contributed by atoms with Crippen molar-refractivity contribution in [3.63, 3.8) is 0 Å². The molecule has 1 aromatic rings. The highest BCUT2D eigenvalue weighted by Crippen LogP contribution is 2.37. The summed E-state index contributed by atoms with van der Waals surface area (Å²) in [5.41, 5.74) is 3.96. The van der Waals surface area contributed by atoms with Crippen molar-refractivity contribution in [2.45, 2.75) is 72.9 Å². The van der Waals surface area contributed by atoms with Crippen molar-refractivity contribution >= 4 is 0 Å². The first-order valence-corrected chi connectivity index (χ1v) is 8.22. The van der Waals surface area contributed by atoms with E-state index in [1.54, 1.807) is 0 Å². The summed E-state index contributed by atoms with van der Waals surface area (Å²) in [7, 11) is 0. The third-order valence-corrected chi connectivity index (χ3v) is 4.82. The minimum atomic E-state index is 0.396. The molecular weight excluding hydrogens is 246 g/mol. The number of hydrogen-bond donors (Lipinski definition) is 1. The molecule has 2 rings (SSSR count). The molecule has 1 aliphatic carbocycles. The van der Waals surface area contributed by atoms with Crippen LogP contribution < -0.4 is 5.32 Å². The monoisotopic (exact) mass is 277 g/mol. The van der Waals surface area contributed by atoms with E-state index in [2.05, 4.69) is 51.5 Å². The average molecular weight is 277 g/mol. The van der Waals surface area contributed by atoms with E-state index in [1.165, 1.54) is 36.2 Å². The smallest absolute Gasteiger partial charge is 0.0644 e. The predicted molar refractivity (Wildman–Crippen MR) is 85.0 cm³/mol. The highest BCUT2D eigenvalue weighted by molar-refractivity contribution is 5.28. The summed E-state index contributed by atoms with van der Waals surface area (Å²) in [6, 6.07) is 0.988. The lowest BCUT2D eigenvalue weighted by Crippen LogP contribution is -2.24. The Hall–Kier alpha value is -0.830. The molecule has 3 heteroatoms. The van der Waals surface area contributed by atoms with Gasteiger partial charge in [0.25, 0.3) is 0 Å². The minimum Gasteiger partial charge on any atom is -0.310 e. The fraction of sp³-hybridized carbons (Fsp3) is 0.824. The van der Waals surface area contributed by atoms with E-state index in [9.17, 15) is 0 Å². The van der Waals surface area contributed by atoms with E-state index < -0.39 is 0 Å². The number of hydrogen-bond acceptors (Lipinski definition) is 2. The van der Waals surface area contributed by atoms with Crippen molar-refractivity contribution in [3.05, 3.63) is 17.0 Å². The molecule has 0 spiro atoms. The molecule has 1 N–H and O–H groups in total. The summed E-state index contributed by atoms with van der Waals surface area (Å²) in [5.74, 6) is 1.64. The van der Waals surface area contributed by atoms with Gasteiger partial charge >= 0.3 is 0 Å². The lowest BCUT2D eigenvalue weighted by Gasteiger charge is -2.32. The highest BCUT2D eigenvalue weighted by atomic mass is 15.3. The molecule has 3 atom stereocenters. The molecule has 3 nitrogen and oxygen atoms in total. The maximum absolute atomic E-state index is 4.88. The average Bonchev–Trinajstić information content (AvgIpc) is 2.64. The summed E-state index contributed by atoms with van der Waals surface area (Å²) in [6.07, 6.45) is 3.93. The van der Waals surface area contributed by atoms with Gasteiger partial charge in [-0.2, -0.15) is 5.10 Å². The minimum absolute atomic E-state index is 0.396. The number of rotatable bonds is 4. The van der Waals surface area contributed by atoms with E-state index in [0.717, 1.165) is 18.4 Å². The molecule has 20 heavy (non-hydrogen) atoms. The van der Waals surface area contributed by atoms with Gasteiger partial charge in [-0.05, 0) is 58.4 Å². The van der Waals surface area contributed by atoms with Crippen LogP contribution in [0.1, 0.15) is 76.0 Å². The summed E-state index contributed by atoms with van der Waals surface area (Å²) in [6.45, 7) is 14.6. The number of nitrogens with zero attached hydrogens (tertiary/aromatic N) is 2. The van der Waals surface area contributed by atoms with Gasteiger partial charge in [0, 0.05) is 17.3 Å². The topological polar surface area (TPSA) is 29.9 Å². The standard InChI is InChI=1S/C17H31N3/c1-7-18-13(4)17-14(5)19-20(15(17)6)16-9-11(2)8-12(3)10-16/h11-13,16,18H,7-10H2,1-6H3. The number of nitrogens with one attached hydrogen (secondary N) is 1. The molecule has 0 radical (unpaired) electrons. The zero-order valence-corrected chi connectivity index (χ0v) is 14.0. The van der Waals surface area contributed by atoms with Gasteiger partial charge in [-0.25, -0.2) is 0 Å². The Labute approximate surface area is 124 Å². The summed E-state index contributed by atoms with van der Waals surface area (Å²) < 4.78 is 2.32. The molecule has 0 aromatic carbocycles. The Morgan fingerprint density at radius 2 is 1.80 bits per heavy atom. The zero-order valence-electron chi connectivity index (χ0n) is 14.0. The molecule has 0 saturated heterocycles. The van der Waals surface area contributed by atoms with Crippen LogP contribution in [0.5, 0.6) is 0 Å². The summed E-state index contributed by atoms with van der Waals surface area (Å²) in [5, 5.41) is 8.41. The van der Waals surface area contributed by atoms with E-state index in [0.29, 0.717) is 12.1 Å². The molecule has 1 aromatic heterocycles. The van der Waals surface area contributed by atoms with Gasteiger partial charge in [-0.15, -0.1) is 0 Å². The first-order valence-electron chi connectivity index (χ1n) is 8.22. The zero-order chi connectivity index (χ0) is 14.9. The molecule has 0 amide bonds. The fourth-order valence-electron chi connectivity index (χ4n) is 4.17. The van der Waals surface area contributed by atoms with Crippen LogP contribution in [-0.4, -0.2) is 16.3 Å². The second-order valence-electron chi connectivity index (χ2n) is 6.88. The van der Waals surface area contributed by atoms with Crippen LogP contribution >= 0.6 is 0 Å². The van der Waals surface area contributed by atoms with Crippen molar-refractivity contribution in [2.24, 2.45) is 11.8 Å². The Kier molecular flexibility index (Phi) is 4.90. The molecule has 1 heterocycles. The normalized spacial score (nSPS) is 28.6. The molecule has 1 aliphatic rings. The second-order valence-corrected chi connectivity index (χ2v) is 6.88. The Morgan fingerprint density at radius 3 is 2.35 bits per heavy atom. The van der Waals surface area contributed by atoms with Gasteiger partial charge < -0.3 is 5.32 Å². The molecule has 0 aliphatic heterocycles. The number of aryl methyl sites for hydroxylation is 1. The van der Waals surface area contributed by atoms with Crippen molar-refractivity contribution in [3.8, 4) is 0 Å². The highest BCUT2D eigenvalue weighted by Gasteiger charge is 2.28. The molecular formula is C17H31N3.